The maximum Gasteiger partial charge on any atom is 0.143 e. The van der Waals surface area contributed by atoms with Crippen molar-refractivity contribution >= 4 is 86.6 Å². The number of benzene rings is 11. The van der Waals surface area contributed by atoms with E-state index in [2.05, 4.69) is 194 Å². The number of furan rings is 1. The lowest BCUT2D eigenvalue weighted by atomic mass is 9.85. The quantitative estimate of drug-likeness (QED) is 0.132. The van der Waals surface area contributed by atoms with Gasteiger partial charge in [0.05, 0.1) is 0 Å². The summed E-state index contributed by atoms with van der Waals surface area (Å²) in [7, 11) is 0. The molecule has 0 radical (unpaired) electrons. The molecule has 0 aliphatic rings. The van der Waals surface area contributed by atoms with E-state index >= 15 is 0 Å². The summed E-state index contributed by atoms with van der Waals surface area (Å²) < 4.78 is 6.67. The summed E-state index contributed by atoms with van der Waals surface area (Å²) in [6.45, 7) is 0. The fraction of sp³-hybridized carbons (Fsp3) is 0. The van der Waals surface area contributed by atoms with Gasteiger partial charge in [0.25, 0.3) is 0 Å². The molecule has 0 amide bonds. The van der Waals surface area contributed by atoms with Gasteiger partial charge in [-0.15, -0.1) is 0 Å². The van der Waals surface area contributed by atoms with Crippen LogP contribution in [0.1, 0.15) is 0 Å². The van der Waals surface area contributed by atoms with Crippen LogP contribution in [0.2, 0.25) is 0 Å². The van der Waals surface area contributed by atoms with Gasteiger partial charge in [-0.2, -0.15) is 0 Å². The Morgan fingerprint density at radius 2 is 0.673 bits per heavy atom. The summed E-state index contributed by atoms with van der Waals surface area (Å²) in [4.78, 5) is 0. The molecule has 11 aromatic carbocycles. The predicted octanol–water partition coefficient (Wildman–Crippen LogP) is 15.5. The zero-order valence-corrected chi connectivity index (χ0v) is 29.9. The van der Waals surface area contributed by atoms with Crippen molar-refractivity contribution in [2.45, 2.75) is 0 Å². The lowest BCUT2D eigenvalue weighted by Gasteiger charge is -2.18. The molecular formula is C54H32O. The van der Waals surface area contributed by atoms with Crippen molar-refractivity contribution < 1.29 is 4.42 Å². The van der Waals surface area contributed by atoms with Crippen LogP contribution in [0.4, 0.5) is 0 Å². The first-order chi connectivity index (χ1) is 27.3. The minimum absolute atomic E-state index is 0.907. The molecule has 0 fully saturated rings. The molecule has 0 unspecified atom stereocenters. The third-order valence-corrected chi connectivity index (χ3v) is 11.8. The summed E-state index contributed by atoms with van der Waals surface area (Å²) in [6.07, 6.45) is 0. The molecule has 0 saturated carbocycles. The molecule has 0 bridgehead atoms. The molecule has 0 atom stereocenters. The van der Waals surface area contributed by atoms with Crippen LogP contribution in [0.25, 0.3) is 120 Å². The van der Waals surface area contributed by atoms with Crippen molar-refractivity contribution in [1.82, 2.24) is 0 Å². The minimum atomic E-state index is 0.907. The van der Waals surface area contributed by atoms with Crippen molar-refractivity contribution in [2.24, 2.45) is 0 Å². The third kappa shape index (κ3) is 4.48. The molecule has 55 heavy (non-hydrogen) atoms. The van der Waals surface area contributed by atoms with Crippen LogP contribution in [0, 0.1) is 0 Å². The number of hydrogen-bond donors (Lipinski definition) is 0. The molecule has 0 aliphatic carbocycles. The Hall–Kier alpha value is -7.22. The normalized spacial score (nSPS) is 12.0. The number of rotatable bonds is 3. The fourth-order valence-electron chi connectivity index (χ4n) is 9.35. The van der Waals surface area contributed by atoms with E-state index < -0.39 is 0 Å². The van der Waals surface area contributed by atoms with E-state index in [9.17, 15) is 0 Å². The number of hydrogen-bond acceptors (Lipinski definition) is 1. The molecule has 12 aromatic rings. The lowest BCUT2D eigenvalue weighted by molar-refractivity contribution is 0.673. The third-order valence-electron chi connectivity index (χ3n) is 11.8. The van der Waals surface area contributed by atoms with Crippen LogP contribution in [-0.2, 0) is 0 Å². The Balaban J connectivity index is 1.06. The highest BCUT2D eigenvalue weighted by Gasteiger charge is 2.19. The van der Waals surface area contributed by atoms with Crippen molar-refractivity contribution in [3.05, 3.63) is 194 Å². The molecule has 254 valence electrons. The van der Waals surface area contributed by atoms with Crippen molar-refractivity contribution in [3.63, 3.8) is 0 Å². The lowest BCUT2D eigenvalue weighted by Crippen LogP contribution is -1.91. The van der Waals surface area contributed by atoms with Gasteiger partial charge in [0.1, 0.15) is 11.2 Å². The number of fused-ring (bicyclic) bond motifs is 13. The second-order valence-electron chi connectivity index (χ2n) is 14.7. The summed E-state index contributed by atoms with van der Waals surface area (Å²) in [5, 5.41) is 17.3. The SMILES string of the molecule is c1cc(-c2ccc3c4ccccc4c4ccccc4c3c2)cc(-c2c3ccccc3c(-c3ccc4c(c3)oc3c5ccccc5ccc43)c3ccccc23)c1. The van der Waals surface area contributed by atoms with E-state index in [1.807, 2.05) is 0 Å². The molecule has 0 saturated heterocycles. The van der Waals surface area contributed by atoms with Crippen LogP contribution in [-0.4, -0.2) is 0 Å². The standard InChI is InChI=1S/C54H32O/c1-2-15-38-33(12-1)24-29-49-44-28-26-37(32-51(44)55-54(38)49)53-47-22-9-7-20-45(47)52(46-21-8-10-23-48(46)53)36-14-11-13-34(30-36)35-25-27-43-41-18-4-3-16-39(41)40-17-5-6-19-42(40)50(43)31-35/h1-32H. The van der Waals surface area contributed by atoms with Crippen LogP contribution < -0.4 is 0 Å². The summed E-state index contributed by atoms with van der Waals surface area (Å²) in [5.41, 5.74) is 9.12. The predicted molar refractivity (Wildman–Crippen MR) is 235 cm³/mol. The van der Waals surface area contributed by atoms with Gasteiger partial charge in [-0.1, -0.05) is 164 Å². The monoisotopic (exact) mass is 696 g/mol. The second-order valence-corrected chi connectivity index (χ2v) is 14.7. The maximum atomic E-state index is 6.67. The molecular weight excluding hydrogens is 665 g/mol. The van der Waals surface area contributed by atoms with Crippen molar-refractivity contribution in [1.29, 1.82) is 0 Å². The van der Waals surface area contributed by atoms with Crippen LogP contribution in [0.3, 0.4) is 0 Å². The van der Waals surface area contributed by atoms with Gasteiger partial charge in [-0.3, -0.25) is 0 Å². The van der Waals surface area contributed by atoms with Crippen LogP contribution in [0.5, 0.6) is 0 Å². The zero-order valence-electron chi connectivity index (χ0n) is 29.9. The van der Waals surface area contributed by atoms with Gasteiger partial charge >= 0.3 is 0 Å². The molecule has 12 rings (SSSR count). The largest absolute Gasteiger partial charge is 0.455 e. The highest BCUT2D eigenvalue weighted by Crippen LogP contribution is 2.46. The first-order valence-corrected chi connectivity index (χ1v) is 19.0. The van der Waals surface area contributed by atoms with Crippen LogP contribution in [0.15, 0.2) is 199 Å². The average Bonchev–Trinajstić information content (AvgIpc) is 3.64. The molecule has 0 spiro atoms. The van der Waals surface area contributed by atoms with Gasteiger partial charge in [0, 0.05) is 16.2 Å². The Labute approximate surface area is 317 Å². The van der Waals surface area contributed by atoms with Crippen LogP contribution >= 0.6 is 0 Å². The first-order valence-electron chi connectivity index (χ1n) is 19.0. The van der Waals surface area contributed by atoms with Gasteiger partial charge in [0.2, 0.25) is 0 Å². The molecule has 1 aromatic heterocycles. The van der Waals surface area contributed by atoms with E-state index in [1.165, 1.54) is 87.1 Å². The second kappa shape index (κ2) is 11.6. The average molecular weight is 697 g/mol. The highest BCUT2D eigenvalue weighted by molar-refractivity contribution is 6.26. The summed E-state index contributed by atoms with van der Waals surface area (Å²) in [5.74, 6) is 0. The van der Waals surface area contributed by atoms with Crippen molar-refractivity contribution in [3.8, 4) is 33.4 Å². The first kappa shape index (κ1) is 30.3. The Morgan fingerprint density at radius 3 is 1.31 bits per heavy atom. The van der Waals surface area contributed by atoms with E-state index in [0.717, 1.165) is 32.9 Å². The van der Waals surface area contributed by atoms with E-state index in [1.54, 1.807) is 0 Å². The smallest absolute Gasteiger partial charge is 0.143 e. The topological polar surface area (TPSA) is 13.1 Å². The Bertz CT molecular complexity index is 3460. The van der Waals surface area contributed by atoms with E-state index in [0.29, 0.717) is 0 Å². The van der Waals surface area contributed by atoms with Gasteiger partial charge in [-0.05, 0) is 123 Å². The van der Waals surface area contributed by atoms with Gasteiger partial charge < -0.3 is 4.42 Å². The van der Waals surface area contributed by atoms with E-state index in [4.69, 9.17) is 4.42 Å². The Kier molecular flexibility index (Phi) is 6.40. The highest BCUT2D eigenvalue weighted by atomic mass is 16.3. The Morgan fingerprint density at radius 1 is 0.236 bits per heavy atom. The summed E-state index contributed by atoms with van der Waals surface area (Å²) in [6, 6.07) is 71.1. The molecule has 1 nitrogen and oxygen atoms in total. The zero-order chi connectivity index (χ0) is 36.0. The van der Waals surface area contributed by atoms with Gasteiger partial charge in [0.15, 0.2) is 0 Å². The minimum Gasteiger partial charge on any atom is -0.455 e. The fourth-order valence-corrected chi connectivity index (χ4v) is 9.35. The van der Waals surface area contributed by atoms with Gasteiger partial charge in [-0.25, -0.2) is 0 Å². The molecule has 0 N–H and O–H groups in total. The molecule has 0 aliphatic heterocycles. The summed E-state index contributed by atoms with van der Waals surface area (Å²) >= 11 is 0. The van der Waals surface area contributed by atoms with E-state index in [-0.39, 0.29) is 0 Å². The molecule has 1 heterocycles. The molecule has 1 heteroatoms. The maximum absolute atomic E-state index is 6.67. The van der Waals surface area contributed by atoms with Crippen molar-refractivity contribution in [2.75, 3.05) is 0 Å².